The highest BCUT2D eigenvalue weighted by molar-refractivity contribution is 7.20. The van der Waals surface area contributed by atoms with Gasteiger partial charge < -0.3 is 0 Å². The van der Waals surface area contributed by atoms with Gasteiger partial charge in [0.2, 0.25) is 17.8 Å². The largest absolute Gasteiger partial charge is 0.416 e. The van der Waals surface area contributed by atoms with Gasteiger partial charge in [0.05, 0.1) is 44.5 Å². The van der Waals surface area contributed by atoms with E-state index in [9.17, 15) is 110 Å². The number of fused-ring (bicyclic) bond motifs is 1. The fourth-order valence-corrected chi connectivity index (χ4v) is 10.6. The van der Waals surface area contributed by atoms with Gasteiger partial charge in [0.25, 0.3) is 0 Å². The smallest absolute Gasteiger partial charge is 0.287 e. The van der Waals surface area contributed by atoms with Crippen LogP contribution in [0.3, 0.4) is 0 Å². The minimum absolute atomic E-state index is 0.129. The molecule has 0 saturated heterocycles. The molecule has 1 heterocycles. The lowest BCUT2D eigenvalue weighted by atomic mass is 9.12. The van der Waals surface area contributed by atoms with Gasteiger partial charge in [0.1, 0.15) is 6.15 Å². The highest BCUT2D eigenvalue weighted by Gasteiger charge is 2.47. The van der Waals surface area contributed by atoms with E-state index in [-0.39, 0.29) is 5.78 Å². The summed E-state index contributed by atoms with van der Waals surface area (Å²) in [6.45, 7) is 0.325. The quantitative estimate of drug-likeness (QED) is 0.0512. The zero-order chi connectivity index (χ0) is 63.3. The molecule has 0 saturated carbocycles. The number of rotatable bonds is 7. The van der Waals surface area contributed by atoms with Crippen LogP contribution in [0.15, 0.2) is 170 Å². The topological polar surface area (TPSA) is 20.9 Å². The highest BCUT2D eigenvalue weighted by Crippen LogP contribution is 2.42. The van der Waals surface area contributed by atoms with E-state index in [1.165, 1.54) is 26.9 Å². The molecule has 27 heteroatoms. The van der Waals surface area contributed by atoms with E-state index in [0.717, 1.165) is 21.9 Å². The molecule has 0 atom stereocenters. The summed E-state index contributed by atoms with van der Waals surface area (Å²) in [5.74, 6) is 0.129. The van der Waals surface area contributed by atoms with Crippen LogP contribution in [0.4, 0.5) is 105 Å². The number of alkyl halides is 24. The van der Waals surface area contributed by atoms with Crippen LogP contribution in [-0.2, 0) is 56.0 Å². The Bertz CT molecular complexity index is 3780. The third-order valence-corrected chi connectivity index (χ3v) is 14.4. The maximum Gasteiger partial charge on any atom is 0.416 e. The second-order valence-corrected chi connectivity index (χ2v) is 19.8. The number of carbonyl (C=O) groups excluding carboxylic acids is 1. The van der Waals surface area contributed by atoms with Crippen LogP contribution in [0.2, 0.25) is 0 Å². The van der Waals surface area contributed by atoms with Crippen molar-refractivity contribution in [3.63, 3.8) is 0 Å². The summed E-state index contributed by atoms with van der Waals surface area (Å²) in [4.78, 5) is 13.4. The number of pyridine rings is 1. The number of hydrogen-bond acceptors (Lipinski definition) is 1. The van der Waals surface area contributed by atoms with Gasteiger partial charge in [-0.15, -0.1) is 0 Å². The van der Waals surface area contributed by atoms with Crippen LogP contribution in [0.1, 0.15) is 54.9 Å². The molecular weight excluding hydrogens is 1210 g/mol. The number of Topliss-reactive ketones (excluding diaryl/α,β-unsaturated/α-hetero) is 1. The molecule has 0 radical (unpaired) electrons. The molecule has 10 aromatic rings. The van der Waals surface area contributed by atoms with Gasteiger partial charge in [-0.2, -0.15) is 132 Å². The summed E-state index contributed by atoms with van der Waals surface area (Å²) in [5.41, 5.74) is -28.3. The average Bonchev–Trinajstić information content (AvgIpc) is 0.719. The first kappa shape index (κ1) is 62.0. The second-order valence-electron chi connectivity index (χ2n) is 19.8. The van der Waals surface area contributed by atoms with Gasteiger partial charge in [0.15, 0.2) is 6.20 Å². The molecule has 0 aliphatic heterocycles. The van der Waals surface area contributed by atoms with E-state index < -0.39 is 195 Å². The number of carbonyl (C=O) groups is 1. The first-order valence-corrected chi connectivity index (χ1v) is 24.5. The zero-order valence-electron chi connectivity index (χ0n) is 42.4. The van der Waals surface area contributed by atoms with Crippen molar-refractivity contribution in [2.45, 2.75) is 56.0 Å². The Morgan fingerprint density at radius 2 is 0.605 bits per heavy atom. The van der Waals surface area contributed by atoms with Crippen LogP contribution in [-0.4, -0.2) is 11.9 Å². The molecule has 2 nitrogen and oxygen atoms in total. The molecule has 0 bridgehead atoms. The van der Waals surface area contributed by atoms with Crippen molar-refractivity contribution in [3.05, 3.63) is 220 Å². The maximum atomic E-state index is 14.2. The van der Waals surface area contributed by atoms with Crippen molar-refractivity contribution >= 4 is 77.0 Å². The Kier molecular flexibility index (Phi) is 15.3. The molecular formula is C59H30BF24NO. The minimum atomic E-state index is -6.13. The van der Waals surface area contributed by atoms with E-state index in [2.05, 4.69) is 66.7 Å². The molecule has 1 aromatic heterocycles. The molecule has 0 spiro atoms. The SMILES string of the molecule is FC(F)(F)c1cc([B-](c2cc(C(F)(F)F)cc(C(F)(F)F)c2)(c2cc(C(F)(F)F)cc(C(F)(F)F)c2)c2cc(C(F)(F)F)cc(C(F)(F)F)c2)cc(C(F)(F)F)c1.O=C(C[n+]1cccc2ccccc21)c1ccc2ccc3cccc4ccc1c2c34. The predicted molar refractivity (Wildman–Crippen MR) is 269 cm³/mol. The fraction of sp³-hybridized carbons (Fsp3) is 0.153. The summed E-state index contributed by atoms with van der Waals surface area (Å²) in [6.07, 6.45) is -52.8. The highest BCUT2D eigenvalue weighted by atomic mass is 19.4. The lowest BCUT2D eigenvalue weighted by molar-refractivity contribution is -0.657. The van der Waals surface area contributed by atoms with Crippen LogP contribution in [0.5, 0.6) is 0 Å². The van der Waals surface area contributed by atoms with E-state index in [4.69, 9.17) is 0 Å². The minimum Gasteiger partial charge on any atom is -0.287 e. The molecule has 10 rings (SSSR count). The van der Waals surface area contributed by atoms with E-state index in [1.54, 1.807) is 0 Å². The molecule has 9 aromatic carbocycles. The van der Waals surface area contributed by atoms with Gasteiger partial charge >= 0.3 is 49.4 Å². The average molecular weight is 1240 g/mol. The summed E-state index contributed by atoms with van der Waals surface area (Å²) >= 11 is 0. The van der Waals surface area contributed by atoms with E-state index in [1.807, 2.05) is 35.0 Å². The maximum absolute atomic E-state index is 14.2. The molecule has 86 heavy (non-hydrogen) atoms. The van der Waals surface area contributed by atoms with Crippen molar-refractivity contribution in [1.82, 2.24) is 0 Å². The van der Waals surface area contributed by atoms with Crippen molar-refractivity contribution in [2.24, 2.45) is 0 Å². The normalized spacial score (nSPS) is 13.4. The lowest BCUT2D eigenvalue weighted by Gasteiger charge is -2.46. The fourth-order valence-electron chi connectivity index (χ4n) is 10.6. The Morgan fingerprint density at radius 3 is 0.953 bits per heavy atom. The van der Waals surface area contributed by atoms with Crippen molar-refractivity contribution in [3.8, 4) is 0 Å². The Hall–Kier alpha value is -8.52. The third kappa shape index (κ3) is 12.2. The number of para-hydroxylation sites is 1. The summed E-state index contributed by atoms with van der Waals surface area (Å²) < 4.78 is 343. The molecule has 448 valence electrons. The van der Waals surface area contributed by atoms with Gasteiger partial charge in [-0.25, -0.2) is 0 Å². The molecule has 0 N–H and O–H groups in total. The van der Waals surface area contributed by atoms with Gasteiger partial charge in [0, 0.05) is 23.1 Å². The Morgan fingerprint density at radius 1 is 0.314 bits per heavy atom. The number of nitrogens with zero attached hydrogens (tertiary/aromatic N) is 1. The summed E-state index contributed by atoms with van der Waals surface area (Å²) in [7, 11) is 0. The molecule has 0 unspecified atom stereocenters. The van der Waals surface area contributed by atoms with Crippen molar-refractivity contribution in [1.29, 1.82) is 0 Å². The lowest BCUT2D eigenvalue weighted by Crippen LogP contribution is -2.75. The first-order chi connectivity index (χ1) is 39.6. The van der Waals surface area contributed by atoms with Crippen molar-refractivity contribution < 1.29 is 115 Å². The predicted octanol–water partition coefficient (Wildman–Crippen LogP) is 17.1. The number of hydrogen-bond donors (Lipinski definition) is 0. The van der Waals surface area contributed by atoms with Crippen LogP contribution >= 0.6 is 0 Å². The number of halogens is 24. The first-order valence-electron chi connectivity index (χ1n) is 24.5. The Balaban J connectivity index is 0.000000251. The van der Waals surface area contributed by atoms with Crippen LogP contribution in [0.25, 0.3) is 43.2 Å². The van der Waals surface area contributed by atoms with Gasteiger partial charge in [-0.1, -0.05) is 109 Å². The standard InChI is InChI=1S/C32H12BF24.C27H18NO/c34-25(35,36)13-1-14(26(37,38)39)6-21(5-13)33(22-7-15(27(40,41)42)2-16(8-22)28(43,44)45,23-9-17(29(46,47)48)3-18(10-23)30(49,50)51)24-11-19(31(52,53)54)4-20(12-24)32(55,56)57;29-25(17-28-16-4-8-18-5-1-2-9-24(18)28)22-14-12-21-11-10-19-6-3-7-20-13-15-23(22)27(21)26(19)20/h1-12H;1-16H,17H2/q-1;+1. The van der Waals surface area contributed by atoms with Gasteiger partial charge in [-0.3, -0.25) is 4.79 Å². The van der Waals surface area contributed by atoms with E-state index >= 15 is 0 Å². The van der Waals surface area contributed by atoms with Gasteiger partial charge in [-0.05, 0) is 74.8 Å². The monoisotopic (exact) mass is 1240 g/mol. The summed E-state index contributed by atoms with van der Waals surface area (Å²) in [6, 6.07) is 22.4. The van der Waals surface area contributed by atoms with E-state index in [0.29, 0.717) is 6.54 Å². The number of benzene rings is 9. The molecule has 0 aliphatic rings. The number of ketones is 1. The summed E-state index contributed by atoms with van der Waals surface area (Å²) in [5, 5.41) is 8.22. The van der Waals surface area contributed by atoms with Crippen molar-refractivity contribution in [2.75, 3.05) is 0 Å². The third-order valence-electron chi connectivity index (χ3n) is 14.4. The molecule has 0 aliphatic carbocycles. The molecule has 0 amide bonds. The Labute approximate surface area is 466 Å². The zero-order valence-corrected chi connectivity index (χ0v) is 42.4. The van der Waals surface area contributed by atoms with Crippen LogP contribution in [0, 0.1) is 0 Å². The second kappa shape index (κ2) is 21.2. The number of aromatic nitrogens is 1. The molecule has 0 fully saturated rings. The van der Waals surface area contributed by atoms with Crippen LogP contribution < -0.4 is 26.4 Å².